The van der Waals surface area contributed by atoms with Gasteiger partial charge in [-0.1, -0.05) is 0 Å². The minimum atomic E-state index is -0.560. The second-order valence-electron chi connectivity index (χ2n) is 1.03. The highest BCUT2D eigenvalue weighted by atomic mass is 16.3. The lowest BCUT2D eigenvalue weighted by atomic mass is 10.5. The quantitative estimate of drug-likeness (QED) is 0.348. The van der Waals surface area contributed by atoms with Crippen molar-refractivity contribution in [2.75, 3.05) is 6.61 Å². The first kappa shape index (κ1) is 15.8. The van der Waals surface area contributed by atoms with E-state index in [2.05, 4.69) is 0 Å². The fourth-order valence-corrected chi connectivity index (χ4v) is 0. The Hall–Kier alpha value is -0.160. The predicted octanol–water partition coefficient (Wildman–Crippen LogP) is -0.994. The molecule has 0 amide bonds. The van der Waals surface area contributed by atoms with Crippen LogP contribution in [0, 0.1) is 0 Å². The van der Waals surface area contributed by atoms with E-state index in [9.17, 15) is 0 Å². The van der Waals surface area contributed by atoms with E-state index in [0.29, 0.717) is 0 Å². The molecule has 1 atom stereocenters. The fraction of sp³-hybridized carbons (Fsp3) is 1.00. The summed E-state index contributed by atoms with van der Waals surface area (Å²) in [6.07, 6.45) is -0.560. The standard InChI is InChI=1S/C3H8O2.2HO/c1-3(5)2-4;;/h3-5H,2H2,1H3;2*1H. The van der Waals surface area contributed by atoms with E-state index in [0.717, 1.165) is 0 Å². The SMILES string of the molecule is CC(O)CO.[OH].[OH]. The average molecular weight is 110 g/mol. The highest BCUT2D eigenvalue weighted by Gasteiger charge is 1.83. The lowest BCUT2D eigenvalue weighted by Crippen LogP contribution is -2.03. The summed E-state index contributed by atoms with van der Waals surface area (Å²) in [4.78, 5) is 0. The van der Waals surface area contributed by atoms with Crippen molar-refractivity contribution in [1.82, 2.24) is 0 Å². The smallest absolute Gasteiger partial charge is 0.0742 e. The number of hydrogen-bond donors (Lipinski definition) is 4. The molecular weight excluding hydrogens is 100 g/mol. The summed E-state index contributed by atoms with van der Waals surface area (Å²) in [5.41, 5.74) is 0. The van der Waals surface area contributed by atoms with Crippen molar-refractivity contribution in [1.29, 1.82) is 0 Å². The van der Waals surface area contributed by atoms with Crippen molar-refractivity contribution >= 4 is 0 Å². The molecule has 0 aromatic carbocycles. The van der Waals surface area contributed by atoms with E-state index in [1.54, 1.807) is 0 Å². The van der Waals surface area contributed by atoms with Gasteiger partial charge in [0.2, 0.25) is 0 Å². The summed E-state index contributed by atoms with van der Waals surface area (Å²) in [5, 5.41) is 16.0. The summed E-state index contributed by atoms with van der Waals surface area (Å²) in [5.74, 6) is 0. The Bertz CT molecular complexity index is 20.9. The largest absolute Gasteiger partial charge is 0.394 e. The molecule has 2 radical (unpaired) electrons. The molecule has 0 fully saturated rings. The van der Waals surface area contributed by atoms with Gasteiger partial charge in [-0.25, -0.2) is 0 Å². The van der Waals surface area contributed by atoms with Crippen LogP contribution in [-0.2, 0) is 0 Å². The lowest BCUT2D eigenvalue weighted by molar-refractivity contribution is 0.110. The molecule has 46 valence electrons. The third-order valence-corrected chi connectivity index (χ3v) is 0.264. The first-order chi connectivity index (χ1) is 2.27. The maximum atomic E-state index is 8.11. The molecule has 0 rings (SSSR count). The molecule has 0 saturated carbocycles. The third-order valence-electron chi connectivity index (χ3n) is 0.264. The highest BCUT2D eigenvalue weighted by Crippen LogP contribution is 1.68. The van der Waals surface area contributed by atoms with Crippen LogP contribution < -0.4 is 0 Å². The molecule has 4 N–H and O–H groups in total. The zero-order valence-electron chi connectivity index (χ0n) is 4.07. The number of aliphatic hydroxyl groups excluding tert-OH is 2. The molecule has 1 unspecified atom stereocenters. The molecule has 0 aliphatic heterocycles. The van der Waals surface area contributed by atoms with Crippen LogP contribution in [0.4, 0.5) is 0 Å². The molecule has 0 bridgehead atoms. The minimum Gasteiger partial charge on any atom is -0.394 e. The maximum absolute atomic E-state index is 8.11. The van der Waals surface area contributed by atoms with Gasteiger partial charge in [0.25, 0.3) is 0 Å². The van der Waals surface area contributed by atoms with E-state index < -0.39 is 6.10 Å². The van der Waals surface area contributed by atoms with Crippen LogP contribution in [0.15, 0.2) is 0 Å². The Morgan fingerprint density at radius 2 is 1.57 bits per heavy atom. The van der Waals surface area contributed by atoms with Gasteiger partial charge < -0.3 is 10.2 Å². The summed E-state index contributed by atoms with van der Waals surface area (Å²) in [6, 6.07) is 0. The fourth-order valence-electron chi connectivity index (χ4n) is 0. The molecule has 0 aromatic rings. The number of rotatable bonds is 1. The lowest BCUT2D eigenvalue weighted by Gasteiger charge is -1.90. The highest BCUT2D eigenvalue weighted by molar-refractivity contribution is 4.33. The van der Waals surface area contributed by atoms with E-state index in [1.165, 1.54) is 6.92 Å². The van der Waals surface area contributed by atoms with Gasteiger partial charge in [0, 0.05) is 0 Å². The Kier molecular flexibility index (Phi) is 21.0. The van der Waals surface area contributed by atoms with Gasteiger partial charge in [-0.15, -0.1) is 0 Å². The van der Waals surface area contributed by atoms with Crippen LogP contribution in [0.2, 0.25) is 0 Å². The molecule has 0 saturated heterocycles. The Morgan fingerprint density at radius 1 is 1.43 bits per heavy atom. The molecule has 0 heterocycles. The second kappa shape index (κ2) is 9.28. The van der Waals surface area contributed by atoms with Gasteiger partial charge >= 0.3 is 0 Å². The summed E-state index contributed by atoms with van der Waals surface area (Å²) < 4.78 is 0. The molecule has 0 aliphatic carbocycles. The molecule has 0 spiro atoms. The zero-order chi connectivity index (χ0) is 4.28. The number of aliphatic hydroxyl groups is 2. The molecule has 4 heteroatoms. The first-order valence-electron chi connectivity index (χ1n) is 1.56. The van der Waals surface area contributed by atoms with Crippen molar-refractivity contribution in [2.45, 2.75) is 13.0 Å². The Morgan fingerprint density at radius 3 is 1.57 bits per heavy atom. The van der Waals surface area contributed by atoms with Crippen molar-refractivity contribution in [2.24, 2.45) is 0 Å². The van der Waals surface area contributed by atoms with Crippen LogP contribution in [0.5, 0.6) is 0 Å². The molecular formula is C3H10O4. The molecule has 7 heavy (non-hydrogen) atoms. The Labute approximate surface area is 42.0 Å². The van der Waals surface area contributed by atoms with Gasteiger partial charge in [0.05, 0.1) is 12.7 Å². The molecule has 0 aromatic heterocycles. The van der Waals surface area contributed by atoms with Crippen molar-refractivity contribution in [3.63, 3.8) is 0 Å². The van der Waals surface area contributed by atoms with Crippen molar-refractivity contribution in [3.05, 3.63) is 0 Å². The van der Waals surface area contributed by atoms with Gasteiger partial charge in [0.15, 0.2) is 0 Å². The van der Waals surface area contributed by atoms with E-state index in [4.69, 9.17) is 10.2 Å². The van der Waals surface area contributed by atoms with E-state index in [-0.39, 0.29) is 17.6 Å². The van der Waals surface area contributed by atoms with Crippen molar-refractivity contribution in [3.8, 4) is 0 Å². The zero-order valence-corrected chi connectivity index (χ0v) is 4.07. The van der Waals surface area contributed by atoms with Crippen LogP contribution in [0.1, 0.15) is 6.92 Å². The van der Waals surface area contributed by atoms with Crippen LogP contribution >= 0.6 is 0 Å². The first-order valence-corrected chi connectivity index (χ1v) is 1.56. The second-order valence-corrected chi connectivity index (χ2v) is 1.03. The normalized spacial score (nSPS) is 10.7. The third kappa shape index (κ3) is 25.4. The number of hydrogen-bond acceptors (Lipinski definition) is 2. The summed E-state index contributed by atoms with van der Waals surface area (Å²) in [7, 11) is 0. The average Bonchev–Trinajstić information content (AvgIpc) is 1.38. The van der Waals surface area contributed by atoms with Gasteiger partial charge in [-0.3, -0.25) is 11.0 Å². The predicted molar refractivity (Wildman–Crippen MR) is 22.6 cm³/mol. The molecule has 0 aliphatic rings. The summed E-state index contributed by atoms with van der Waals surface area (Å²) >= 11 is 0. The van der Waals surface area contributed by atoms with Crippen LogP contribution in [-0.4, -0.2) is 33.9 Å². The molecule has 4 nitrogen and oxygen atoms in total. The van der Waals surface area contributed by atoms with Crippen LogP contribution in [0.25, 0.3) is 0 Å². The van der Waals surface area contributed by atoms with Crippen molar-refractivity contribution < 1.29 is 21.2 Å². The minimum absolute atomic E-state index is 0. The monoisotopic (exact) mass is 110 g/mol. The van der Waals surface area contributed by atoms with Gasteiger partial charge in [-0.2, -0.15) is 0 Å². The van der Waals surface area contributed by atoms with Gasteiger partial charge in [-0.05, 0) is 6.92 Å². The van der Waals surface area contributed by atoms with E-state index in [1.807, 2.05) is 0 Å². The van der Waals surface area contributed by atoms with E-state index >= 15 is 0 Å². The van der Waals surface area contributed by atoms with Crippen LogP contribution in [0.3, 0.4) is 0 Å². The topological polar surface area (TPSA) is 100 Å². The summed E-state index contributed by atoms with van der Waals surface area (Å²) in [6.45, 7) is 1.39. The maximum Gasteiger partial charge on any atom is 0.0742 e. The van der Waals surface area contributed by atoms with Gasteiger partial charge in [0.1, 0.15) is 0 Å². The Balaban J connectivity index is -0.0000000800.